The molecule has 1 aliphatic rings. The SMILES string of the molecule is CCCCc1c([C@@H]2C(C)=CC(C)C[C@@H]2C)c(C(C)C)nn1-c1cc(C)cc(Oc2ccc3c4ccccc4n(-c4cc(OC)ccn4)c3c2)c1. The molecule has 0 spiro atoms. The second kappa shape index (κ2) is 13.8. The van der Waals surface area contributed by atoms with Gasteiger partial charge in [-0.1, -0.05) is 70.9 Å². The number of fused-ring (bicyclic) bond motifs is 3. The number of rotatable bonds is 10. The summed E-state index contributed by atoms with van der Waals surface area (Å²) in [6.45, 7) is 16.1. The number of hydrogen-bond donors (Lipinski definition) is 0. The maximum atomic E-state index is 6.72. The summed E-state index contributed by atoms with van der Waals surface area (Å²) in [5.41, 5.74) is 9.81. The van der Waals surface area contributed by atoms with E-state index in [1.54, 1.807) is 13.3 Å². The molecule has 6 aromatic rings. The molecule has 6 heteroatoms. The lowest BCUT2D eigenvalue weighted by Gasteiger charge is -2.33. The molecule has 0 radical (unpaired) electrons. The van der Waals surface area contributed by atoms with Crippen LogP contribution in [-0.4, -0.2) is 26.4 Å². The van der Waals surface area contributed by atoms with Crippen molar-refractivity contribution >= 4 is 21.8 Å². The highest BCUT2D eigenvalue weighted by atomic mass is 16.5. The van der Waals surface area contributed by atoms with Crippen molar-refractivity contribution < 1.29 is 9.47 Å². The summed E-state index contributed by atoms with van der Waals surface area (Å²) in [4.78, 5) is 4.73. The highest BCUT2D eigenvalue weighted by molar-refractivity contribution is 6.09. The summed E-state index contributed by atoms with van der Waals surface area (Å²) in [6, 6.07) is 25.1. The first-order chi connectivity index (χ1) is 24.2. The van der Waals surface area contributed by atoms with Crippen LogP contribution in [0.1, 0.15) is 95.2 Å². The molecule has 3 aromatic heterocycles. The van der Waals surface area contributed by atoms with Crippen molar-refractivity contribution in [2.45, 2.75) is 86.0 Å². The maximum absolute atomic E-state index is 6.72. The van der Waals surface area contributed by atoms with E-state index in [4.69, 9.17) is 19.6 Å². The minimum atomic E-state index is 0.323. The Bertz CT molecular complexity index is 2200. The van der Waals surface area contributed by atoms with E-state index >= 15 is 0 Å². The van der Waals surface area contributed by atoms with Crippen molar-refractivity contribution in [1.82, 2.24) is 19.3 Å². The zero-order valence-electron chi connectivity index (χ0n) is 30.8. The number of para-hydroxylation sites is 1. The molecule has 6 nitrogen and oxygen atoms in total. The summed E-state index contributed by atoms with van der Waals surface area (Å²) in [6.07, 6.45) is 8.76. The fourth-order valence-corrected chi connectivity index (χ4v) is 8.31. The molecule has 0 amide bonds. The molecule has 3 aromatic carbocycles. The van der Waals surface area contributed by atoms with Crippen LogP contribution in [-0.2, 0) is 6.42 Å². The van der Waals surface area contributed by atoms with E-state index in [-0.39, 0.29) is 0 Å². The first-order valence-electron chi connectivity index (χ1n) is 18.3. The van der Waals surface area contributed by atoms with Crippen LogP contribution in [0.2, 0.25) is 0 Å². The first kappa shape index (κ1) is 33.6. The number of aromatic nitrogens is 4. The Balaban J connectivity index is 1.33. The monoisotopic (exact) mass is 666 g/mol. The van der Waals surface area contributed by atoms with Gasteiger partial charge in [-0.15, -0.1) is 0 Å². The van der Waals surface area contributed by atoms with Gasteiger partial charge in [-0.25, -0.2) is 9.67 Å². The third kappa shape index (κ3) is 6.21. The lowest BCUT2D eigenvalue weighted by Crippen LogP contribution is -2.21. The normalized spacial score (nSPS) is 17.9. The van der Waals surface area contributed by atoms with Gasteiger partial charge >= 0.3 is 0 Å². The molecule has 0 saturated carbocycles. The zero-order valence-corrected chi connectivity index (χ0v) is 30.8. The van der Waals surface area contributed by atoms with Gasteiger partial charge in [0.25, 0.3) is 0 Å². The summed E-state index contributed by atoms with van der Waals surface area (Å²) < 4.78 is 16.7. The van der Waals surface area contributed by atoms with Crippen molar-refractivity contribution in [3.8, 4) is 28.8 Å². The summed E-state index contributed by atoms with van der Waals surface area (Å²) >= 11 is 0. The van der Waals surface area contributed by atoms with Crippen LogP contribution in [0.5, 0.6) is 17.2 Å². The number of pyridine rings is 1. The van der Waals surface area contributed by atoms with E-state index < -0.39 is 0 Å². The molecule has 0 fully saturated rings. The van der Waals surface area contributed by atoms with Crippen LogP contribution in [0.15, 0.2) is 90.6 Å². The maximum Gasteiger partial charge on any atom is 0.141 e. The lowest BCUT2D eigenvalue weighted by molar-refractivity contribution is 0.388. The smallest absolute Gasteiger partial charge is 0.141 e. The average Bonchev–Trinajstić information content (AvgIpc) is 3.62. The van der Waals surface area contributed by atoms with Gasteiger partial charge in [-0.05, 0) is 92.8 Å². The highest BCUT2D eigenvalue weighted by Crippen LogP contribution is 2.45. The molecular weight excluding hydrogens is 617 g/mol. The summed E-state index contributed by atoms with van der Waals surface area (Å²) in [5.74, 6) is 5.02. The van der Waals surface area contributed by atoms with Crippen LogP contribution in [0.25, 0.3) is 33.3 Å². The number of aryl methyl sites for hydroxylation is 1. The van der Waals surface area contributed by atoms with Gasteiger partial charge in [0, 0.05) is 52.3 Å². The van der Waals surface area contributed by atoms with Crippen LogP contribution >= 0.6 is 0 Å². The average molecular weight is 667 g/mol. The van der Waals surface area contributed by atoms with Crippen molar-refractivity contribution in [1.29, 1.82) is 0 Å². The van der Waals surface area contributed by atoms with Gasteiger partial charge in [0.15, 0.2) is 0 Å². The molecule has 50 heavy (non-hydrogen) atoms. The van der Waals surface area contributed by atoms with Crippen LogP contribution in [0.4, 0.5) is 0 Å². The van der Waals surface area contributed by atoms with Crippen LogP contribution < -0.4 is 9.47 Å². The fraction of sp³-hybridized carbons (Fsp3) is 0.364. The van der Waals surface area contributed by atoms with E-state index in [1.807, 2.05) is 12.1 Å². The lowest BCUT2D eigenvalue weighted by atomic mass is 9.71. The van der Waals surface area contributed by atoms with Crippen molar-refractivity contribution in [3.05, 3.63) is 113 Å². The number of unbranched alkanes of at least 4 members (excludes halogenated alkanes) is 1. The largest absolute Gasteiger partial charge is 0.497 e. The number of hydrogen-bond acceptors (Lipinski definition) is 4. The van der Waals surface area contributed by atoms with Gasteiger partial charge < -0.3 is 9.47 Å². The number of ether oxygens (including phenoxy) is 2. The zero-order chi connectivity index (χ0) is 35.1. The molecule has 258 valence electrons. The Morgan fingerprint density at radius 1 is 0.880 bits per heavy atom. The molecule has 3 heterocycles. The Morgan fingerprint density at radius 2 is 1.68 bits per heavy atom. The van der Waals surface area contributed by atoms with Gasteiger partial charge in [0.1, 0.15) is 23.1 Å². The standard InChI is InChI=1S/C44H50N4O2/c1-9-10-14-39-43(42-30(6)20-28(4)21-31(42)7)44(27(2)3)46-48(39)32-22-29(5)23-35(24-32)50-34-16-17-37-36-13-11-12-15-38(36)47(40(37)25-34)41-26-33(49-8)18-19-45-41/h11-13,15-20,22-28,31,42H,9-10,14,21H2,1-8H3/t28?,31-,42+/m0/s1. The summed E-state index contributed by atoms with van der Waals surface area (Å²) in [5, 5.41) is 7.73. The molecule has 0 saturated heterocycles. The first-order valence-corrected chi connectivity index (χ1v) is 18.3. The van der Waals surface area contributed by atoms with Crippen LogP contribution in [0.3, 0.4) is 0 Å². The van der Waals surface area contributed by atoms with Gasteiger partial charge in [0.05, 0.1) is 29.5 Å². The second-order valence-corrected chi connectivity index (χ2v) is 14.7. The number of methoxy groups -OCH3 is 1. The Morgan fingerprint density at radius 3 is 2.44 bits per heavy atom. The predicted molar refractivity (Wildman–Crippen MR) is 206 cm³/mol. The molecule has 7 rings (SSSR count). The summed E-state index contributed by atoms with van der Waals surface area (Å²) in [7, 11) is 1.68. The third-order valence-corrected chi connectivity index (χ3v) is 10.4. The van der Waals surface area contributed by atoms with Gasteiger partial charge in [-0.3, -0.25) is 4.57 Å². The molecular formula is C44H50N4O2. The molecule has 1 aliphatic carbocycles. The van der Waals surface area contributed by atoms with E-state index in [0.29, 0.717) is 23.7 Å². The topological polar surface area (TPSA) is 54.1 Å². The Labute approximate surface area is 296 Å². The Hall–Kier alpha value is -4.84. The van der Waals surface area contributed by atoms with Crippen molar-refractivity contribution in [2.75, 3.05) is 7.11 Å². The highest BCUT2D eigenvalue weighted by Gasteiger charge is 2.34. The van der Waals surface area contributed by atoms with E-state index in [0.717, 1.165) is 70.0 Å². The molecule has 1 unspecified atom stereocenters. The second-order valence-electron chi connectivity index (χ2n) is 14.7. The minimum Gasteiger partial charge on any atom is -0.497 e. The van der Waals surface area contributed by atoms with Crippen molar-refractivity contribution in [3.63, 3.8) is 0 Å². The fourth-order valence-electron chi connectivity index (χ4n) is 8.31. The molecule has 0 N–H and O–H groups in total. The number of nitrogens with zero attached hydrogens (tertiary/aromatic N) is 4. The molecule has 0 bridgehead atoms. The van der Waals surface area contributed by atoms with Crippen LogP contribution in [0, 0.1) is 18.8 Å². The molecule has 3 atom stereocenters. The van der Waals surface area contributed by atoms with Gasteiger partial charge in [0.2, 0.25) is 0 Å². The quantitative estimate of drug-likeness (QED) is 0.137. The van der Waals surface area contributed by atoms with Gasteiger partial charge in [-0.2, -0.15) is 5.10 Å². The number of allylic oxidation sites excluding steroid dienone is 2. The molecule has 0 aliphatic heterocycles. The third-order valence-electron chi connectivity index (χ3n) is 10.4. The Kier molecular flexibility index (Phi) is 9.30. The minimum absolute atomic E-state index is 0.323. The predicted octanol–water partition coefficient (Wildman–Crippen LogP) is 11.6. The van der Waals surface area contributed by atoms with Crippen molar-refractivity contribution in [2.24, 2.45) is 11.8 Å². The number of benzene rings is 3. The van der Waals surface area contributed by atoms with E-state index in [2.05, 4.69) is 124 Å². The van der Waals surface area contributed by atoms with E-state index in [9.17, 15) is 0 Å². The van der Waals surface area contributed by atoms with E-state index in [1.165, 1.54) is 34.3 Å².